The Kier molecular flexibility index (Phi) is 6.34. The third-order valence-corrected chi connectivity index (χ3v) is 6.08. The van der Waals surface area contributed by atoms with Crippen molar-refractivity contribution in [1.82, 2.24) is 5.32 Å². The second kappa shape index (κ2) is 9.31. The van der Waals surface area contributed by atoms with Crippen LogP contribution in [0.5, 0.6) is 5.75 Å². The summed E-state index contributed by atoms with van der Waals surface area (Å²) in [5.74, 6) is 0.937. The van der Waals surface area contributed by atoms with Crippen molar-refractivity contribution in [3.05, 3.63) is 77.9 Å². The molecule has 0 aromatic heterocycles. The van der Waals surface area contributed by atoms with Gasteiger partial charge in [-0.25, -0.2) is 0 Å². The first-order chi connectivity index (χ1) is 14.7. The third-order valence-electron chi connectivity index (χ3n) is 6.08. The quantitative estimate of drug-likeness (QED) is 0.625. The zero-order valence-electron chi connectivity index (χ0n) is 17.5. The summed E-state index contributed by atoms with van der Waals surface area (Å²) < 4.78 is 11.2. The van der Waals surface area contributed by atoms with Crippen molar-refractivity contribution < 1.29 is 14.3 Å². The van der Waals surface area contributed by atoms with E-state index in [0.29, 0.717) is 32.8 Å². The number of benzene rings is 3. The lowest BCUT2D eigenvalue weighted by molar-refractivity contribution is -0.120. The van der Waals surface area contributed by atoms with Gasteiger partial charge in [-0.15, -0.1) is 0 Å². The number of rotatable bonds is 7. The van der Waals surface area contributed by atoms with Gasteiger partial charge in [-0.1, -0.05) is 54.6 Å². The number of ether oxygens (including phenoxy) is 2. The van der Waals surface area contributed by atoms with E-state index in [1.54, 1.807) is 0 Å². The van der Waals surface area contributed by atoms with E-state index in [-0.39, 0.29) is 11.3 Å². The van der Waals surface area contributed by atoms with E-state index in [0.717, 1.165) is 34.9 Å². The first kappa shape index (κ1) is 20.4. The Bertz CT molecular complexity index is 985. The molecule has 1 fully saturated rings. The highest BCUT2D eigenvalue weighted by atomic mass is 16.5. The molecule has 4 nitrogen and oxygen atoms in total. The molecule has 1 saturated heterocycles. The van der Waals surface area contributed by atoms with Gasteiger partial charge < -0.3 is 14.8 Å². The van der Waals surface area contributed by atoms with E-state index in [1.165, 1.54) is 5.56 Å². The molecule has 0 saturated carbocycles. The lowest BCUT2D eigenvalue weighted by atomic mass is 9.74. The Morgan fingerprint density at radius 1 is 1.00 bits per heavy atom. The van der Waals surface area contributed by atoms with E-state index in [2.05, 4.69) is 35.6 Å². The molecule has 30 heavy (non-hydrogen) atoms. The van der Waals surface area contributed by atoms with Crippen LogP contribution in [0.2, 0.25) is 0 Å². The maximum Gasteiger partial charge on any atom is 0.224 e. The molecule has 3 aromatic carbocycles. The standard InChI is InChI=1S/C26H29NO3/c1-2-30-23-12-10-22(11-13-23)26(14-16-29-17-15-26)19-27-25(28)18-21-8-5-7-20-6-3-4-9-24(20)21/h3-13H,2,14-19H2,1H3,(H,27,28). The highest BCUT2D eigenvalue weighted by Crippen LogP contribution is 2.35. The van der Waals surface area contributed by atoms with Crippen LogP contribution in [0, 0.1) is 0 Å². The molecular formula is C26H29NO3. The molecule has 0 unspecified atom stereocenters. The van der Waals surface area contributed by atoms with Crippen LogP contribution >= 0.6 is 0 Å². The van der Waals surface area contributed by atoms with Crippen molar-refractivity contribution in [3.63, 3.8) is 0 Å². The SMILES string of the molecule is CCOc1ccc(C2(CNC(=O)Cc3cccc4ccccc34)CCOCC2)cc1. The summed E-state index contributed by atoms with van der Waals surface area (Å²) in [5.41, 5.74) is 2.20. The van der Waals surface area contributed by atoms with Gasteiger partial charge in [-0.05, 0) is 53.8 Å². The van der Waals surface area contributed by atoms with Crippen LogP contribution in [0.25, 0.3) is 10.8 Å². The van der Waals surface area contributed by atoms with Crippen LogP contribution in [0.4, 0.5) is 0 Å². The number of carbonyl (C=O) groups excluding carboxylic acids is 1. The van der Waals surface area contributed by atoms with E-state index < -0.39 is 0 Å². The van der Waals surface area contributed by atoms with Crippen LogP contribution in [-0.2, 0) is 21.4 Å². The molecule has 1 aliphatic heterocycles. The molecule has 1 amide bonds. The number of hydrogen-bond donors (Lipinski definition) is 1. The average molecular weight is 404 g/mol. The van der Waals surface area contributed by atoms with Crippen molar-refractivity contribution in [3.8, 4) is 5.75 Å². The van der Waals surface area contributed by atoms with Gasteiger partial charge in [0, 0.05) is 25.2 Å². The summed E-state index contributed by atoms with van der Waals surface area (Å²) in [4.78, 5) is 12.8. The van der Waals surface area contributed by atoms with Crippen LogP contribution in [0.3, 0.4) is 0 Å². The topological polar surface area (TPSA) is 47.6 Å². The minimum Gasteiger partial charge on any atom is -0.494 e. The van der Waals surface area contributed by atoms with Gasteiger partial charge in [0.2, 0.25) is 5.91 Å². The predicted octanol–water partition coefficient (Wildman–Crippen LogP) is 4.65. The summed E-state index contributed by atoms with van der Waals surface area (Å²) in [7, 11) is 0. The van der Waals surface area contributed by atoms with Crippen LogP contribution < -0.4 is 10.1 Å². The Hall–Kier alpha value is -2.85. The van der Waals surface area contributed by atoms with Gasteiger partial charge >= 0.3 is 0 Å². The fourth-order valence-corrected chi connectivity index (χ4v) is 4.35. The minimum atomic E-state index is -0.0998. The number of fused-ring (bicyclic) bond motifs is 1. The van der Waals surface area contributed by atoms with E-state index >= 15 is 0 Å². The third kappa shape index (κ3) is 4.49. The molecule has 0 aliphatic carbocycles. The molecule has 1 heterocycles. The van der Waals surface area contributed by atoms with E-state index in [1.807, 2.05) is 43.3 Å². The van der Waals surface area contributed by atoms with Gasteiger partial charge in [0.05, 0.1) is 13.0 Å². The summed E-state index contributed by atoms with van der Waals surface area (Å²) in [6.45, 7) is 4.69. The highest BCUT2D eigenvalue weighted by Gasteiger charge is 2.34. The average Bonchev–Trinajstić information content (AvgIpc) is 2.79. The molecular weight excluding hydrogens is 374 g/mol. The van der Waals surface area contributed by atoms with Gasteiger partial charge in [0.25, 0.3) is 0 Å². The maximum absolute atomic E-state index is 12.8. The number of hydrogen-bond acceptors (Lipinski definition) is 3. The zero-order valence-corrected chi connectivity index (χ0v) is 17.5. The molecule has 0 bridgehead atoms. The summed E-state index contributed by atoms with van der Waals surface area (Å²) in [6, 6.07) is 22.7. The van der Waals surface area contributed by atoms with Crippen LogP contribution in [0.1, 0.15) is 30.9 Å². The number of nitrogens with one attached hydrogen (secondary N) is 1. The monoisotopic (exact) mass is 403 g/mol. The summed E-state index contributed by atoms with van der Waals surface area (Å²) in [5, 5.41) is 5.52. The number of amides is 1. The molecule has 1 aliphatic rings. The fraction of sp³-hybridized carbons (Fsp3) is 0.346. The zero-order chi connectivity index (χ0) is 20.8. The molecule has 4 heteroatoms. The molecule has 4 rings (SSSR count). The van der Waals surface area contributed by atoms with Crippen LogP contribution in [-0.4, -0.2) is 32.3 Å². The second-order valence-corrected chi connectivity index (χ2v) is 7.94. The van der Waals surface area contributed by atoms with Crippen molar-refractivity contribution in [2.24, 2.45) is 0 Å². The molecule has 0 spiro atoms. The van der Waals surface area contributed by atoms with Gasteiger partial charge in [0.15, 0.2) is 0 Å². The Morgan fingerprint density at radius 2 is 1.73 bits per heavy atom. The first-order valence-electron chi connectivity index (χ1n) is 10.7. The van der Waals surface area contributed by atoms with Crippen molar-refractivity contribution in [2.75, 3.05) is 26.4 Å². The fourth-order valence-electron chi connectivity index (χ4n) is 4.35. The van der Waals surface area contributed by atoms with Gasteiger partial charge in [0.1, 0.15) is 5.75 Å². The highest BCUT2D eigenvalue weighted by molar-refractivity contribution is 5.90. The lowest BCUT2D eigenvalue weighted by Crippen LogP contribution is -2.45. The Balaban J connectivity index is 1.48. The Morgan fingerprint density at radius 3 is 2.50 bits per heavy atom. The second-order valence-electron chi connectivity index (χ2n) is 7.94. The van der Waals surface area contributed by atoms with E-state index in [9.17, 15) is 4.79 Å². The van der Waals surface area contributed by atoms with E-state index in [4.69, 9.17) is 9.47 Å². The van der Waals surface area contributed by atoms with Crippen LogP contribution in [0.15, 0.2) is 66.7 Å². The van der Waals surface area contributed by atoms with Gasteiger partial charge in [-0.3, -0.25) is 4.79 Å². The molecule has 0 radical (unpaired) electrons. The molecule has 156 valence electrons. The van der Waals surface area contributed by atoms with Crippen molar-refractivity contribution in [1.29, 1.82) is 0 Å². The Labute approximate surface area is 178 Å². The van der Waals surface area contributed by atoms with Crippen molar-refractivity contribution in [2.45, 2.75) is 31.6 Å². The first-order valence-corrected chi connectivity index (χ1v) is 10.7. The smallest absolute Gasteiger partial charge is 0.224 e. The number of carbonyl (C=O) groups is 1. The van der Waals surface area contributed by atoms with Gasteiger partial charge in [-0.2, -0.15) is 0 Å². The largest absolute Gasteiger partial charge is 0.494 e. The molecule has 3 aromatic rings. The summed E-state index contributed by atoms with van der Waals surface area (Å²) >= 11 is 0. The molecule has 1 N–H and O–H groups in total. The minimum absolute atomic E-state index is 0.0585. The lowest BCUT2D eigenvalue weighted by Gasteiger charge is -2.38. The molecule has 0 atom stereocenters. The maximum atomic E-state index is 12.8. The van der Waals surface area contributed by atoms with Crippen molar-refractivity contribution >= 4 is 16.7 Å². The predicted molar refractivity (Wildman–Crippen MR) is 120 cm³/mol. The summed E-state index contributed by atoms with van der Waals surface area (Å²) in [6.07, 6.45) is 2.18. The normalized spacial score (nSPS) is 15.6.